The van der Waals surface area contributed by atoms with Crippen molar-refractivity contribution in [2.45, 2.75) is 43.1 Å². The standard InChI is InChI=1S/C22H24ClN5O2S/c1-4-5-18-25-26-22-28(18)27-19(14-7-10-16(30-3)11-8-14)20(31-22)21(29)24-17-12-15(23)9-6-13(17)2/h6-12,19-20,27H,4-5H2,1-3H3,(H,24,29)/t19-,20+/m0/s1. The average Bonchev–Trinajstić information content (AvgIpc) is 3.17. The number of thioether (sulfide) groups is 1. The van der Waals surface area contributed by atoms with E-state index in [4.69, 9.17) is 16.3 Å². The van der Waals surface area contributed by atoms with Crippen molar-refractivity contribution >= 4 is 35.0 Å². The first-order valence-corrected chi connectivity index (χ1v) is 11.3. The first-order valence-electron chi connectivity index (χ1n) is 10.1. The van der Waals surface area contributed by atoms with Gasteiger partial charge >= 0.3 is 0 Å². The van der Waals surface area contributed by atoms with E-state index in [-0.39, 0.29) is 11.9 Å². The highest BCUT2D eigenvalue weighted by Gasteiger charge is 2.38. The van der Waals surface area contributed by atoms with Gasteiger partial charge in [-0.05, 0) is 48.7 Å². The zero-order valence-electron chi connectivity index (χ0n) is 17.6. The molecule has 0 bridgehead atoms. The van der Waals surface area contributed by atoms with Crippen LogP contribution >= 0.6 is 23.4 Å². The van der Waals surface area contributed by atoms with E-state index in [1.54, 1.807) is 19.2 Å². The van der Waals surface area contributed by atoms with Gasteiger partial charge in [0.25, 0.3) is 0 Å². The maximum Gasteiger partial charge on any atom is 0.240 e. The van der Waals surface area contributed by atoms with Crippen LogP contribution in [-0.2, 0) is 11.2 Å². The predicted molar refractivity (Wildman–Crippen MR) is 124 cm³/mol. The van der Waals surface area contributed by atoms with Crippen molar-refractivity contribution < 1.29 is 9.53 Å². The largest absolute Gasteiger partial charge is 0.497 e. The number of hydrogen-bond acceptors (Lipinski definition) is 6. The number of carbonyl (C=O) groups excluding carboxylic acids is 1. The van der Waals surface area contributed by atoms with Crippen LogP contribution in [0.15, 0.2) is 47.6 Å². The summed E-state index contributed by atoms with van der Waals surface area (Å²) in [5, 5.41) is 12.4. The minimum atomic E-state index is -0.460. The Hall–Kier alpha value is -2.71. The Morgan fingerprint density at radius 1 is 1.26 bits per heavy atom. The second kappa shape index (κ2) is 9.20. The van der Waals surface area contributed by atoms with Crippen LogP contribution in [0.5, 0.6) is 5.75 Å². The third-order valence-electron chi connectivity index (χ3n) is 5.17. The lowest BCUT2D eigenvalue weighted by molar-refractivity contribution is -0.116. The molecule has 1 aliphatic heterocycles. The van der Waals surface area contributed by atoms with E-state index in [0.29, 0.717) is 15.9 Å². The Bertz CT molecular complexity index is 1090. The number of amides is 1. The summed E-state index contributed by atoms with van der Waals surface area (Å²) in [6, 6.07) is 12.9. The molecule has 1 aromatic heterocycles. The molecule has 0 saturated heterocycles. The predicted octanol–water partition coefficient (Wildman–Crippen LogP) is 4.60. The van der Waals surface area contributed by atoms with Gasteiger partial charge in [-0.3, -0.25) is 4.79 Å². The molecule has 0 aliphatic carbocycles. The monoisotopic (exact) mass is 457 g/mol. The second-order valence-corrected chi connectivity index (χ2v) is 8.90. The van der Waals surface area contributed by atoms with E-state index in [0.717, 1.165) is 35.5 Å². The molecule has 0 fully saturated rings. The number of halogens is 1. The SMILES string of the molecule is CCCc1nnc2n1N[C@@H](c1ccc(OC)cc1)[C@H](C(=O)Nc1cc(Cl)ccc1C)S2. The summed E-state index contributed by atoms with van der Waals surface area (Å²) in [4.78, 5) is 13.4. The molecule has 1 amide bonds. The van der Waals surface area contributed by atoms with Gasteiger partial charge in [0, 0.05) is 17.1 Å². The normalized spacial score (nSPS) is 17.5. The lowest BCUT2D eigenvalue weighted by atomic mass is 10.0. The molecule has 2 heterocycles. The van der Waals surface area contributed by atoms with Crippen molar-refractivity contribution in [3.63, 3.8) is 0 Å². The Morgan fingerprint density at radius 3 is 2.74 bits per heavy atom. The van der Waals surface area contributed by atoms with E-state index < -0.39 is 5.25 Å². The average molecular weight is 458 g/mol. The number of nitrogens with one attached hydrogen (secondary N) is 2. The third kappa shape index (κ3) is 4.50. The van der Waals surface area contributed by atoms with E-state index in [9.17, 15) is 4.79 Å². The van der Waals surface area contributed by atoms with Gasteiger partial charge in [-0.15, -0.1) is 10.2 Å². The van der Waals surface area contributed by atoms with Crippen molar-refractivity contribution in [1.29, 1.82) is 0 Å². The molecule has 2 N–H and O–H groups in total. The molecule has 2 aromatic carbocycles. The van der Waals surface area contributed by atoms with Crippen LogP contribution < -0.4 is 15.5 Å². The topological polar surface area (TPSA) is 81.1 Å². The van der Waals surface area contributed by atoms with Gasteiger partial charge in [0.15, 0.2) is 5.82 Å². The summed E-state index contributed by atoms with van der Waals surface area (Å²) in [7, 11) is 1.63. The minimum absolute atomic E-state index is 0.130. The number of anilines is 1. The van der Waals surface area contributed by atoms with Crippen molar-refractivity contribution in [1.82, 2.24) is 14.9 Å². The Balaban J connectivity index is 1.67. The molecule has 3 aromatic rings. The Morgan fingerprint density at radius 2 is 2.03 bits per heavy atom. The zero-order valence-corrected chi connectivity index (χ0v) is 19.1. The van der Waals surface area contributed by atoms with Crippen molar-refractivity contribution in [3.05, 3.63) is 64.4 Å². The fraction of sp³-hybridized carbons (Fsp3) is 0.318. The van der Waals surface area contributed by atoms with E-state index >= 15 is 0 Å². The van der Waals surface area contributed by atoms with Crippen LogP contribution in [-0.4, -0.2) is 33.1 Å². The Kier molecular flexibility index (Phi) is 6.38. The lowest BCUT2D eigenvalue weighted by Gasteiger charge is -2.33. The maximum atomic E-state index is 13.4. The highest BCUT2D eigenvalue weighted by atomic mass is 35.5. The molecule has 2 atom stereocenters. The summed E-state index contributed by atoms with van der Waals surface area (Å²) in [5.41, 5.74) is 6.09. The van der Waals surface area contributed by atoms with Gasteiger partial charge in [0.2, 0.25) is 11.1 Å². The maximum absolute atomic E-state index is 13.4. The number of aromatic nitrogens is 3. The number of aryl methyl sites for hydroxylation is 2. The van der Waals surface area contributed by atoms with Crippen LogP contribution in [0.25, 0.3) is 0 Å². The number of nitrogens with zero attached hydrogens (tertiary/aromatic N) is 3. The summed E-state index contributed by atoms with van der Waals surface area (Å²) in [6.07, 6.45) is 1.75. The number of hydrogen-bond donors (Lipinski definition) is 2. The molecule has 4 rings (SSSR count). The smallest absolute Gasteiger partial charge is 0.240 e. The molecular formula is C22H24ClN5O2S. The molecular weight excluding hydrogens is 434 g/mol. The first kappa shape index (κ1) is 21.5. The van der Waals surface area contributed by atoms with Crippen LogP contribution in [0, 0.1) is 6.92 Å². The summed E-state index contributed by atoms with van der Waals surface area (Å²) in [6.45, 7) is 4.04. The number of benzene rings is 2. The molecule has 0 saturated carbocycles. The summed E-state index contributed by atoms with van der Waals surface area (Å²) in [5.74, 6) is 1.49. The quantitative estimate of drug-likeness (QED) is 0.563. The van der Waals surface area contributed by atoms with E-state index in [1.165, 1.54) is 11.8 Å². The highest BCUT2D eigenvalue weighted by molar-refractivity contribution is 8.00. The van der Waals surface area contributed by atoms with Gasteiger partial charge in [-0.2, -0.15) is 0 Å². The molecule has 162 valence electrons. The van der Waals surface area contributed by atoms with Crippen LogP contribution in [0.2, 0.25) is 5.02 Å². The van der Waals surface area contributed by atoms with Crippen molar-refractivity contribution in [3.8, 4) is 5.75 Å². The highest BCUT2D eigenvalue weighted by Crippen LogP contribution is 2.38. The van der Waals surface area contributed by atoms with E-state index in [1.807, 2.05) is 41.9 Å². The van der Waals surface area contributed by atoms with Crippen molar-refractivity contribution in [2.75, 3.05) is 17.9 Å². The van der Waals surface area contributed by atoms with Crippen LogP contribution in [0.3, 0.4) is 0 Å². The number of carbonyl (C=O) groups is 1. The lowest BCUT2D eigenvalue weighted by Crippen LogP contribution is -2.41. The third-order valence-corrected chi connectivity index (χ3v) is 6.62. The van der Waals surface area contributed by atoms with E-state index in [2.05, 4.69) is 27.9 Å². The minimum Gasteiger partial charge on any atom is -0.497 e. The molecule has 1 aliphatic rings. The van der Waals surface area contributed by atoms with Gasteiger partial charge in [0.1, 0.15) is 11.0 Å². The number of rotatable bonds is 6. The van der Waals surface area contributed by atoms with Gasteiger partial charge in [0.05, 0.1) is 13.2 Å². The summed E-state index contributed by atoms with van der Waals surface area (Å²) >= 11 is 7.54. The molecule has 0 radical (unpaired) electrons. The molecule has 31 heavy (non-hydrogen) atoms. The molecule has 7 nitrogen and oxygen atoms in total. The summed E-state index contributed by atoms with van der Waals surface area (Å²) < 4.78 is 7.19. The first-order chi connectivity index (χ1) is 15.0. The zero-order chi connectivity index (χ0) is 22.0. The Labute approximate surface area is 190 Å². The molecule has 9 heteroatoms. The van der Waals surface area contributed by atoms with Gasteiger partial charge in [-0.1, -0.05) is 48.5 Å². The van der Waals surface area contributed by atoms with Crippen molar-refractivity contribution in [2.24, 2.45) is 0 Å². The van der Waals surface area contributed by atoms with Gasteiger partial charge < -0.3 is 15.5 Å². The van der Waals surface area contributed by atoms with Crippen LogP contribution in [0.1, 0.15) is 36.3 Å². The fourth-order valence-electron chi connectivity index (χ4n) is 3.48. The second-order valence-electron chi connectivity index (χ2n) is 7.35. The number of ether oxygens (including phenoxy) is 1. The van der Waals surface area contributed by atoms with Crippen LogP contribution in [0.4, 0.5) is 5.69 Å². The fourth-order valence-corrected chi connectivity index (χ4v) is 4.75. The van der Waals surface area contributed by atoms with Gasteiger partial charge in [-0.25, -0.2) is 4.68 Å². The number of methoxy groups -OCH3 is 1. The molecule has 0 unspecified atom stereocenters. The number of fused-ring (bicyclic) bond motifs is 1. The molecule has 0 spiro atoms.